The largest absolute Gasteiger partial charge is 0.381 e. The number of amides is 2. The van der Waals surface area contributed by atoms with E-state index in [1.54, 1.807) is 7.11 Å². The Balaban J connectivity index is 1.51. The number of hydrogen-bond acceptors (Lipinski definition) is 3. The molecule has 0 aromatic heterocycles. The first kappa shape index (κ1) is 16.3. The lowest BCUT2D eigenvalue weighted by Gasteiger charge is -2.35. The van der Waals surface area contributed by atoms with E-state index in [0.717, 1.165) is 31.2 Å². The first-order valence-electron chi connectivity index (χ1n) is 8.51. The van der Waals surface area contributed by atoms with Crippen molar-refractivity contribution in [2.24, 2.45) is 0 Å². The van der Waals surface area contributed by atoms with Crippen molar-refractivity contribution in [2.45, 2.75) is 43.9 Å². The number of rotatable bonds is 3. The van der Waals surface area contributed by atoms with E-state index in [0.29, 0.717) is 25.8 Å². The summed E-state index contributed by atoms with van der Waals surface area (Å²) in [6.45, 7) is 1.86. The van der Waals surface area contributed by atoms with Gasteiger partial charge in [-0.1, -0.05) is 30.3 Å². The lowest BCUT2D eigenvalue weighted by atomic mass is 9.93. The number of morpholine rings is 1. The lowest BCUT2D eigenvalue weighted by Crippen LogP contribution is -2.50. The summed E-state index contributed by atoms with van der Waals surface area (Å²) in [6.07, 6.45) is 4.37. The smallest absolute Gasteiger partial charge is 0.317 e. The Labute approximate surface area is 137 Å². The number of methoxy groups -OCH3 is 1. The van der Waals surface area contributed by atoms with Crippen LogP contribution in [0.15, 0.2) is 30.3 Å². The predicted molar refractivity (Wildman–Crippen MR) is 88.3 cm³/mol. The Kier molecular flexibility index (Phi) is 5.51. The summed E-state index contributed by atoms with van der Waals surface area (Å²) in [6, 6.07) is 10.4. The molecular formula is C18H26N2O3. The van der Waals surface area contributed by atoms with E-state index in [2.05, 4.69) is 17.4 Å². The highest BCUT2D eigenvalue weighted by Crippen LogP contribution is 2.23. The maximum Gasteiger partial charge on any atom is 0.317 e. The van der Waals surface area contributed by atoms with Gasteiger partial charge in [0.25, 0.3) is 0 Å². The van der Waals surface area contributed by atoms with Gasteiger partial charge in [-0.25, -0.2) is 4.79 Å². The molecule has 1 N–H and O–H groups in total. The molecule has 1 heterocycles. The molecule has 1 aliphatic carbocycles. The van der Waals surface area contributed by atoms with Crippen LogP contribution in [0.5, 0.6) is 0 Å². The summed E-state index contributed by atoms with van der Waals surface area (Å²) < 4.78 is 11.2. The maximum absolute atomic E-state index is 12.5. The minimum atomic E-state index is -0.0278. The molecule has 126 valence electrons. The van der Waals surface area contributed by atoms with Crippen LogP contribution in [-0.4, -0.2) is 49.9 Å². The van der Waals surface area contributed by atoms with Crippen LogP contribution in [0.2, 0.25) is 0 Å². The van der Waals surface area contributed by atoms with Crippen molar-refractivity contribution >= 4 is 6.03 Å². The van der Waals surface area contributed by atoms with E-state index in [-0.39, 0.29) is 18.2 Å². The molecule has 1 aromatic rings. The van der Waals surface area contributed by atoms with Crippen molar-refractivity contribution < 1.29 is 14.3 Å². The standard InChI is InChI=1S/C18H26N2O3/c1-22-16-9-7-15(8-10-16)19-18(21)20-11-12-23-17(13-20)14-5-3-2-4-6-14/h2-6,15-17H,7-13H2,1H3,(H,19,21). The minimum Gasteiger partial charge on any atom is -0.381 e. The van der Waals surface area contributed by atoms with Crippen molar-refractivity contribution in [3.8, 4) is 0 Å². The van der Waals surface area contributed by atoms with E-state index in [4.69, 9.17) is 9.47 Å². The van der Waals surface area contributed by atoms with Crippen molar-refractivity contribution in [3.63, 3.8) is 0 Å². The quantitative estimate of drug-likeness (QED) is 0.932. The van der Waals surface area contributed by atoms with E-state index in [1.165, 1.54) is 0 Å². The van der Waals surface area contributed by atoms with Crippen LogP contribution in [0.4, 0.5) is 4.79 Å². The van der Waals surface area contributed by atoms with Gasteiger partial charge in [-0.2, -0.15) is 0 Å². The molecule has 0 spiro atoms. The normalized spacial score (nSPS) is 28.4. The zero-order chi connectivity index (χ0) is 16.1. The second kappa shape index (κ2) is 7.79. The average molecular weight is 318 g/mol. The number of hydrogen-bond donors (Lipinski definition) is 1. The summed E-state index contributed by atoms with van der Waals surface area (Å²) in [4.78, 5) is 14.4. The van der Waals surface area contributed by atoms with Gasteiger partial charge in [0, 0.05) is 19.7 Å². The second-order valence-corrected chi connectivity index (χ2v) is 6.37. The topological polar surface area (TPSA) is 50.8 Å². The molecule has 1 aromatic carbocycles. The van der Waals surface area contributed by atoms with Crippen molar-refractivity contribution in [3.05, 3.63) is 35.9 Å². The Hall–Kier alpha value is -1.59. The van der Waals surface area contributed by atoms with Crippen molar-refractivity contribution in [2.75, 3.05) is 26.8 Å². The number of urea groups is 1. The Morgan fingerprint density at radius 3 is 2.65 bits per heavy atom. The summed E-state index contributed by atoms with van der Waals surface area (Å²) >= 11 is 0. The van der Waals surface area contributed by atoms with E-state index in [1.807, 2.05) is 23.1 Å². The molecule has 1 saturated carbocycles. The van der Waals surface area contributed by atoms with E-state index >= 15 is 0 Å². The Morgan fingerprint density at radius 1 is 1.22 bits per heavy atom. The number of benzene rings is 1. The molecule has 3 rings (SSSR count). The number of carbonyl (C=O) groups is 1. The zero-order valence-corrected chi connectivity index (χ0v) is 13.7. The van der Waals surface area contributed by atoms with Crippen molar-refractivity contribution in [1.82, 2.24) is 10.2 Å². The number of nitrogens with zero attached hydrogens (tertiary/aromatic N) is 1. The summed E-state index contributed by atoms with van der Waals surface area (Å²) in [5.41, 5.74) is 1.13. The molecule has 0 radical (unpaired) electrons. The fourth-order valence-corrected chi connectivity index (χ4v) is 3.41. The van der Waals surface area contributed by atoms with Crippen LogP contribution < -0.4 is 5.32 Å². The third kappa shape index (κ3) is 4.24. The summed E-state index contributed by atoms with van der Waals surface area (Å²) in [5.74, 6) is 0. The molecule has 1 aliphatic heterocycles. The first-order valence-corrected chi connectivity index (χ1v) is 8.51. The molecular weight excluding hydrogens is 292 g/mol. The summed E-state index contributed by atoms with van der Waals surface area (Å²) in [5, 5.41) is 3.18. The molecule has 1 unspecified atom stereocenters. The van der Waals surface area contributed by atoms with Crippen LogP contribution in [-0.2, 0) is 9.47 Å². The summed E-state index contributed by atoms with van der Waals surface area (Å²) in [7, 11) is 1.76. The molecule has 0 bridgehead atoms. The lowest BCUT2D eigenvalue weighted by molar-refractivity contribution is -0.0162. The second-order valence-electron chi connectivity index (χ2n) is 6.37. The molecule has 1 saturated heterocycles. The number of ether oxygens (including phenoxy) is 2. The van der Waals surface area contributed by atoms with E-state index < -0.39 is 0 Å². The highest BCUT2D eigenvalue weighted by atomic mass is 16.5. The van der Waals surface area contributed by atoms with Gasteiger partial charge in [0.15, 0.2) is 0 Å². The van der Waals surface area contributed by atoms with Crippen molar-refractivity contribution in [1.29, 1.82) is 0 Å². The molecule has 2 fully saturated rings. The fraction of sp³-hybridized carbons (Fsp3) is 0.611. The van der Waals surface area contributed by atoms with Crippen LogP contribution in [0.3, 0.4) is 0 Å². The van der Waals surface area contributed by atoms with Gasteiger partial charge >= 0.3 is 6.03 Å². The first-order chi connectivity index (χ1) is 11.3. The Bertz CT molecular complexity index is 500. The third-order valence-electron chi connectivity index (χ3n) is 4.86. The minimum absolute atomic E-state index is 0.0278. The predicted octanol–water partition coefficient (Wildman–Crippen LogP) is 2.73. The SMILES string of the molecule is COC1CCC(NC(=O)N2CCOC(c3ccccc3)C2)CC1. The van der Waals surface area contributed by atoms with Gasteiger partial charge in [0.2, 0.25) is 0 Å². The highest BCUT2D eigenvalue weighted by Gasteiger charge is 2.28. The van der Waals surface area contributed by atoms with E-state index in [9.17, 15) is 4.79 Å². The number of nitrogens with one attached hydrogen (secondary N) is 1. The van der Waals surface area contributed by atoms with Crippen LogP contribution in [0, 0.1) is 0 Å². The Morgan fingerprint density at radius 2 is 1.96 bits per heavy atom. The maximum atomic E-state index is 12.5. The van der Waals surface area contributed by atoms with Gasteiger partial charge in [-0.05, 0) is 31.2 Å². The van der Waals surface area contributed by atoms with Gasteiger partial charge < -0.3 is 19.7 Å². The van der Waals surface area contributed by atoms with Crippen LogP contribution in [0.25, 0.3) is 0 Å². The van der Waals surface area contributed by atoms with Crippen LogP contribution >= 0.6 is 0 Å². The van der Waals surface area contributed by atoms with Gasteiger partial charge in [0.1, 0.15) is 6.10 Å². The molecule has 5 nitrogen and oxygen atoms in total. The molecule has 2 amide bonds. The zero-order valence-electron chi connectivity index (χ0n) is 13.7. The fourth-order valence-electron chi connectivity index (χ4n) is 3.41. The molecule has 2 aliphatic rings. The van der Waals surface area contributed by atoms with Gasteiger partial charge in [-0.3, -0.25) is 0 Å². The molecule has 23 heavy (non-hydrogen) atoms. The third-order valence-corrected chi connectivity index (χ3v) is 4.86. The highest BCUT2D eigenvalue weighted by molar-refractivity contribution is 5.74. The monoisotopic (exact) mass is 318 g/mol. The van der Waals surface area contributed by atoms with Gasteiger partial charge in [0.05, 0.1) is 19.3 Å². The molecule has 1 atom stereocenters. The molecule has 5 heteroatoms. The van der Waals surface area contributed by atoms with Gasteiger partial charge in [-0.15, -0.1) is 0 Å². The number of carbonyl (C=O) groups excluding carboxylic acids is 1. The van der Waals surface area contributed by atoms with Crippen LogP contribution in [0.1, 0.15) is 37.4 Å². The average Bonchev–Trinajstić information content (AvgIpc) is 2.63.